The molecule has 0 spiro atoms. The lowest BCUT2D eigenvalue weighted by atomic mass is 10.2. The number of ether oxygens (including phenoxy) is 8. The molecule has 208 valence electrons. The molecule has 16 heteroatoms. The number of carbonyl (C=O) groups is 4. The number of carboxylic acids is 4. The van der Waals surface area contributed by atoms with Gasteiger partial charge in [-0.05, 0) is 0 Å². The number of aliphatic carboxylic acids is 4. The highest BCUT2D eigenvalue weighted by atomic mass is 16.6. The van der Waals surface area contributed by atoms with Crippen molar-refractivity contribution in [2.24, 2.45) is 0 Å². The topological polar surface area (TPSA) is 223 Å². The van der Waals surface area contributed by atoms with Crippen LogP contribution in [-0.2, 0) is 57.1 Å². The van der Waals surface area contributed by atoms with E-state index >= 15 is 0 Å². The summed E-state index contributed by atoms with van der Waals surface area (Å²) in [6, 6.07) is 0. The molecule has 16 nitrogen and oxygen atoms in total. The van der Waals surface area contributed by atoms with Gasteiger partial charge in [-0.15, -0.1) is 0 Å². The van der Waals surface area contributed by atoms with Gasteiger partial charge in [-0.3, -0.25) is 0 Å². The zero-order valence-electron chi connectivity index (χ0n) is 19.5. The van der Waals surface area contributed by atoms with Gasteiger partial charge in [-0.25, -0.2) is 19.2 Å². The molecule has 4 atom stereocenters. The smallest absolute Gasteiger partial charge is 0.336 e. The van der Waals surface area contributed by atoms with Gasteiger partial charge in [0.1, 0.15) is 0 Å². The Balaban J connectivity index is 2.66. The molecule has 4 unspecified atom stereocenters. The predicted octanol–water partition coefficient (Wildman–Crippen LogP) is -2.05. The summed E-state index contributed by atoms with van der Waals surface area (Å²) in [7, 11) is 0. The van der Waals surface area contributed by atoms with E-state index in [0.29, 0.717) is 0 Å². The van der Waals surface area contributed by atoms with Crippen LogP contribution in [0.2, 0.25) is 0 Å². The average molecular weight is 528 g/mol. The lowest BCUT2D eigenvalue weighted by Gasteiger charge is -2.22. The van der Waals surface area contributed by atoms with Gasteiger partial charge in [0.15, 0.2) is 24.4 Å². The van der Waals surface area contributed by atoms with Gasteiger partial charge >= 0.3 is 23.9 Å². The number of hydrogen-bond donors (Lipinski definition) is 4. The third-order valence-electron chi connectivity index (χ3n) is 4.37. The average Bonchev–Trinajstić information content (AvgIpc) is 2.81. The molecule has 0 amide bonds. The predicted molar refractivity (Wildman–Crippen MR) is 113 cm³/mol. The molecule has 4 N–H and O–H groups in total. The van der Waals surface area contributed by atoms with Crippen LogP contribution >= 0.6 is 0 Å². The van der Waals surface area contributed by atoms with Crippen LogP contribution in [0.15, 0.2) is 0 Å². The molecule has 0 radical (unpaired) electrons. The van der Waals surface area contributed by atoms with Gasteiger partial charge < -0.3 is 58.3 Å². The molecular formula is C20H32O16. The molecule has 0 aromatic heterocycles. The van der Waals surface area contributed by atoms with Crippen molar-refractivity contribution >= 4 is 23.9 Å². The first-order valence-corrected chi connectivity index (χ1v) is 10.9. The molecule has 0 aliphatic carbocycles. The molecule has 1 aliphatic heterocycles. The van der Waals surface area contributed by atoms with Gasteiger partial charge in [0.05, 0.1) is 79.3 Å². The lowest BCUT2D eigenvalue weighted by molar-refractivity contribution is -0.180. The summed E-state index contributed by atoms with van der Waals surface area (Å²) in [5.74, 6) is -6.08. The van der Waals surface area contributed by atoms with Crippen molar-refractivity contribution in [3.05, 3.63) is 0 Å². The van der Waals surface area contributed by atoms with Gasteiger partial charge in [-0.1, -0.05) is 0 Å². The quantitative estimate of drug-likeness (QED) is 0.308. The Kier molecular flexibility index (Phi) is 16.5. The van der Waals surface area contributed by atoms with E-state index in [1.807, 2.05) is 0 Å². The van der Waals surface area contributed by atoms with Gasteiger partial charge in [0.2, 0.25) is 0 Å². The summed E-state index contributed by atoms with van der Waals surface area (Å²) < 4.78 is 41.3. The first-order valence-electron chi connectivity index (χ1n) is 10.9. The molecule has 1 fully saturated rings. The monoisotopic (exact) mass is 528 g/mol. The van der Waals surface area contributed by atoms with Gasteiger partial charge in [-0.2, -0.15) is 0 Å². The highest BCUT2D eigenvalue weighted by Gasteiger charge is 2.36. The van der Waals surface area contributed by atoms with E-state index < -0.39 is 48.3 Å². The van der Waals surface area contributed by atoms with Crippen LogP contribution in [0, 0.1) is 0 Å². The Morgan fingerprint density at radius 3 is 0.694 bits per heavy atom. The minimum absolute atomic E-state index is 0.0561. The molecule has 0 bridgehead atoms. The Hall–Kier alpha value is -2.44. The zero-order valence-corrected chi connectivity index (χ0v) is 19.5. The van der Waals surface area contributed by atoms with Crippen LogP contribution < -0.4 is 0 Å². The largest absolute Gasteiger partial charge is 0.479 e. The highest BCUT2D eigenvalue weighted by Crippen LogP contribution is 2.08. The van der Waals surface area contributed by atoms with E-state index in [2.05, 4.69) is 0 Å². The molecule has 1 heterocycles. The van der Waals surface area contributed by atoms with E-state index in [9.17, 15) is 39.6 Å². The highest BCUT2D eigenvalue weighted by molar-refractivity contribution is 5.84. The van der Waals surface area contributed by atoms with Crippen molar-refractivity contribution in [2.45, 2.75) is 24.4 Å². The Morgan fingerprint density at radius 1 is 0.361 bits per heavy atom. The SMILES string of the molecule is O=C(O)C1OCCOCCOCCOC(C(=O)O)C(C(=O)O)OCCOCCOCCOC1C(=O)O. The standard InChI is InChI=1S/C20H32O16/c21-17(22)13-14(18(23)24)35-11-7-31-3-4-32-8-12-36-16(20(27)28)15(19(25)26)34-10-6-30-2-1-29-5-9-33-13/h13-16H,1-12H2,(H,21,22)(H,23,24)(H,25,26)(H,27,28). The summed E-state index contributed by atoms with van der Waals surface area (Å²) in [6.45, 7) is -1.01. The van der Waals surface area contributed by atoms with Crippen molar-refractivity contribution in [1.29, 1.82) is 0 Å². The van der Waals surface area contributed by atoms with Gasteiger partial charge in [0, 0.05) is 0 Å². The molecule has 0 aromatic rings. The van der Waals surface area contributed by atoms with E-state index in [1.165, 1.54) is 0 Å². The van der Waals surface area contributed by atoms with E-state index in [-0.39, 0.29) is 79.3 Å². The van der Waals surface area contributed by atoms with Crippen molar-refractivity contribution < 1.29 is 77.5 Å². The van der Waals surface area contributed by atoms with Crippen LogP contribution in [-0.4, -0.2) is 148 Å². The molecule has 1 aliphatic rings. The second-order valence-electron chi connectivity index (χ2n) is 6.97. The van der Waals surface area contributed by atoms with Crippen LogP contribution in [0.3, 0.4) is 0 Å². The summed E-state index contributed by atoms with van der Waals surface area (Å²) in [4.78, 5) is 45.7. The fraction of sp³-hybridized carbons (Fsp3) is 0.800. The second kappa shape index (κ2) is 18.8. The maximum Gasteiger partial charge on any atom is 0.336 e. The van der Waals surface area contributed by atoms with Crippen LogP contribution in [0.25, 0.3) is 0 Å². The maximum atomic E-state index is 11.4. The molecular weight excluding hydrogens is 496 g/mol. The summed E-state index contributed by atoms with van der Waals surface area (Å²) >= 11 is 0. The second-order valence-corrected chi connectivity index (χ2v) is 6.97. The van der Waals surface area contributed by atoms with Crippen molar-refractivity contribution in [3.63, 3.8) is 0 Å². The van der Waals surface area contributed by atoms with Crippen LogP contribution in [0.5, 0.6) is 0 Å². The maximum absolute atomic E-state index is 11.4. The van der Waals surface area contributed by atoms with Crippen molar-refractivity contribution in [2.75, 3.05) is 79.3 Å². The van der Waals surface area contributed by atoms with E-state index in [0.717, 1.165) is 0 Å². The molecule has 0 saturated carbocycles. The number of carboxylic acid groups (broad SMARTS) is 4. The summed E-state index contributed by atoms with van der Waals surface area (Å²) in [6.07, 6.45) is -7.09. The molecule has 1 rings (SSSR count). The summed E-state index contributed by atoms with van der Waals surface area (Å²) in [5.41, 5.74) is 0. The Labute approximate surface area is 205 Å². The normalized spacial score (nSPS) is 27.8. The van der Waals surface area contributed by atoms with E-state index in [1.54, 1.807) is 0 Å². The number of rotatable bonds is 4. The molecule has 0 aromatic carbocycles. The molecule has 36 heavy (non-hydrogen) atoms. The van der Waals surface area contributed by atoms with Crippen molar-refractivity contribution in [3.8, 4) is 0 Å². The van der Waals surface area contributed by atoms with Gasteiger partial charge in [0.25, 0.3) is 0 Å². The van der Waals surface area contributed by atoms with Crippen LogP contribution in [0.1, 0.15) is 0 Å². The third-order valence-corrected chi connectivity index (χ3v) is 4.37. The fourth-order valence-corrected chi connectivity index (χ4v) is 2.73. The van der Waals surface area contributed by atoms with E-state index in [4.69, 9.17) is 37.9 Å². The van der Waals surface area contributed by atoms with Crippen LogP contribution in [0.4, 0.5) is 0 Å². The molecule has 1 saturated heterocycles. The lowest BCUT2D eigenvalue weighted by Crippen LogP contribution is -2.44. The summed E-state index contributed by atoms with van der Waals surface area (Å²) in [5, 5.41) is 37.2. The minimum Gasteiger partial charge on any atom is -0.479 e. The Morgan fingerprint density at radius 2 is 0.528 bits per heavy atom. The number of hydrogen-bond acceptors (Lipinski definition) is 12. The first kappa shape index (κ1) is 31.6. The Bertz CT molecular complexity index is 558. The minimum atomic E-state index is -1.77. The first-order chi connectivity index (χ1) is 17.3. The zero-order chi connectivity index (χ0) is 26.8. The third kappa shape index (κ3) is 13.0. The fourth-order valence-electron chi connectivity index (χ4n) is 2.73. The van der Waals surface area contributed by atoms with Crippen molar-refractivity contribution in [1.82, 2.24) is 0 Å².